The second-order valence-corrected chi connectivity index (χ2v) is 8.74. The van der Waals surface area contributed by atoms with E-state index >= 15 is 0 Å². The van der Waals surface area contributed by atoms with Crippen LogP contribution in [0.15, 0.2) is 22.7 Å². The van der Waals surface area contributed by atoms with E-state index in [4.69, 9.17) is 0 Å². The SMILES string of the molecule is CCNC(Cc1ccc(F)cc1Br)C1SCCSC1CC. The molecule has 1 N–H and O–H groups in total. The molecule has 5 heteroatoms. The fraction of sp³-hybridized carbons (Fsp3) is 0.625. The van der Waals surface area contributed by atoms with E-state index in [0.717, 1.165) is 17.4 Å². The first kappa shape index (κ1) is 17.6. The molecule has 0 aromatic heterocycles. The van der Waals surface area contributed by atoms with Crippen molar-refractivity contribution in [3.05, 3.63) is 34.1 Å². The number of nitrogens with one attached hydrogen (secondary N) is 1. The van der Waals surface area contributed by atoms with Crippen molar-refractivity contribution >= 4 is 39.5 Å². The molecule has 1 heterocycles. The van der Waals surface area contributed by atoms with Gasteiger partial charge in [0.1, 0.15) is 5.82 Å². The quantitative estimate of drug-likeness (QED) is 0.751. The lowest BCUT2D eigenvalue weighted by Crippen LogP contribution is -2.46. The fourth-order valence-electron chi connectivity index (χ4n) is 2.80. The summed E-state index contributed by atoms with van der Waals surface area (Å²) in [5.74, 6) is 2.32. The third kappa shape index (κ3) is 4.88. The Morgan fingerprint density at radius 2 is 2.10 bits per heavy atom. The number of benzene rings is 1. The number of likely N-dealkylation sites (N-methyl/N-ethyl adjacent to an activating group) is 1. The predicted molar refractivity (Wildman–Crippen MR) is 98.1 cm³/mol. The van der Waals surface area contributed by atoms with Gasteiger partial charge in [0.25, 0.3) is 0 Å². The lowest BCUT2D eigenvalue weighted by molar-refractivity contribution is 0.489. The summed E-state index contributed by atoms with van der Waals surface area (Å²) in [6.45, 7) is 5.42. The van der Waals surface area contributed by atoms with Crippen LogP contribution in [-0.4, -0.2) is 34.6 Å². The van der Waals surface area contributed by atoms with Crippen LogP contribution in [0.4, 0.5) is 4.39 Å². The van der Waals surface area contributed by atoms with E-state index in [0.29, 0.717) is 16.5 Å². The average molecular weight is 392 g/mol. The summed E-state index contributed by atoms with van der Waals surface area (Å²) in [6.07, 6.45) is 2.16. The molecule has 1 aromatic carbocycles. The zero-order valence-corrected chi connectivity index (χ0v) is 15.8. The van der Waals surface area contributed by atoms with Crippen molar-refractivity contribution in [2.45, 2.75) is 43.2 Å². The summed E-state index contributed by atoms with van der Waals surface area (Å²) in [5, 5.41) is 5.00. The number of halogens is 2. The molecule has 0 amide bonds. The standard InChI is InChI=1S/C16H23BrFNS2/c1-3-15-16(21-8-7-20-15)14(19-4-2)9-11-5-6-12(18)10-13(11)17/h5-6,10,14-16,19H,3-4,7-9H2,1-2H3. The zero-order valence-electron chi connectivity index (χ0n) is 12.6. The second-order valence-electron chi connectivity index (χ2n) is 5.26. The predicted octanol–water partition coefficient (Wildman–Crippen LogP) is 4.74. The largest absolute Gasteiger partial charge is 0.313 e. The highest BCUT2D eigenvalue weighted by Gasteiger charge is 2.31. The van der Waals surface area contributed by atoms with Crippen LogP contribution in [-0.2, 0) is 6.42 Å². The Morgan fingerprint density at radius 1 is 1.33 bits per heavy atom. The maximum absolute atomic E-state index is 13.3. The first-order valence-electron chi connectivity index (χ1n) is 7.56. The molecule has 0 spiro atoms. The zero-order chi connectivity index (χ0) is 15.2. The van der Waals surface area contributed by atoms with Gasteiger partial charge in [-0.2, -0.15) is 23.5 Å². The minimum Gasteiger partial charge on any atom is -0.313 e. The van der Waals surface area contributed by atoms with Crippen LogP contribution in [0.2, 0.25) is 0 Å². The van der Waals surface area contributed by atoms with E-state index < -0.39 is 0 Å². The van der Waals surface area contributed by atoms with E-state index in [9.17, 15) is 4.39 Å². The highest BCUT2D eigenvalue weighted by Crippen LogP contribution is 2.36. The molecule has 3 unspecified atom stereocenters. The number of rotatable bonds is 6. The summed E-state index contributed by atoms with van der Waals surface area (Å²) >= 11 is 7.71. The molecule has 0 bridgehead atoms. The highest BCUT2D eigenvalue weighted by atomic mass is 79.9. The molecular formula is C16H23BrFNS2. The smallest absolute Gasteiger partial charge is 0.124 e. The molecular weight excluding hydrogens is 369 g/mol. The van der Waals surface area contributed by atoms with Gasteiger partial charge in [0.2, 0.25) is 0 Å². The molecule has 2 rings (SSSR count). The molecule has 1 aliphatic heterocycles. The summed E-state index contributed by atoms with van der Waals surface area (Å²) in [4.78, 5) is 0. The summed E-state index contributed by atoms with van der Waals surface area (Å²) < 4.78 is 14.1. The molecule has 0 aliphatic carbocycles. The van der Waals surface area contributed by atoms with Crippen molar-refractivity contribution in [1.82, 2.24) is 5.32 Å². The number of thioether (sulfide) groups is 2. The monoisotopic (exact) mass is 391 g/mol. The van der Waals surface area contributed by atoms with Gasteiger partial charge in [-0.25, -0.2) is 4.39 Å². The Labute approximate surface area is 144 Å². The van der Waals surface area contributed by atoms with E-state index in [1.165, 1.54) is 23.5 Å². The Bertz CT molecular complexity index is 458. The maximum Gasteiger partial charge on any atom is 0.124 e. The van der Waals surface area contributed by atoms with Crippen molar-refractivity contribution in [2.75, 3.05) is 18.1 Å². The second kappa shape index (κ2) is 8.80. The topological polar surface area (TPSA) is 12.0 Å². The van der Waals surface area contributed by atoms with Gasteiger partial charge in [-0.1, -0.05) is 35.8 Å². The molecule has 0 radical (unpaired) electrons. The molecule has 1 aliphatic rings. The third-order valence-corrected chi connectivity index (χ3v) is 7.96. The summed E-state index contributed by atoms with van der Waals surface area (Å²) in [6, 6.07) is 5.48. The van der Waals surface area contributed by atoms with Gasteiger partial charge in [-0.05, 0) is 37.1 Å². The number of hydrogen-bond acceptors (Lipinski definition) is 3. The minimum atomic E-state index is -0.181. The van der Waals surface area contributed by atoms with Crippen LogP contribution in [0, 0.1) is 5.82 Å². The first-order valence-corrected chi connectivity index (χ1v) is 10.4. The molecule has 0 saturated carbocycles. The van der Waals surface area contributed by atoms with Crippen LogP contribution < -0.4 is 5.32 Å². The van der Waals surface area contributed by atoms with Gasteiger partial charge >= 0.3 is 0 Å². The Balaban J connectivity index is 2.13. The number of hydrogen-bond donors (Lipinski definition) is 1. The van der Waals surface area contributed by atoms with E-state index in [2.05, 4.69) is 58.6 Å². The maximum atomic E-state index is 13.3. The van der Waals surface area contributed by atoms with E-state index in [-0.39, 0.29) is 5.82 Å². The van der Waals surface area contributed by atoms with Crippen LogP contribution in [0.1, 0.15) is 25.8 Å². The highest BCUT2D eigenvalue weighted by molar-refractivity contribution is 9.10. The van der Waals surface area contributed by atoms with E-state index in [1.807, 2.05) is 6.07 Å². The molecule has 3 atom stereocenters. The van der Waals surface area contributed by atoms with Crippen molar-refractivity contribution in [2.24, 2.45) is 0 Å². The molecule has 1 aromatic rings. The van der Waals surface area contributed by atoms with Crippen LogP contribution >= 0.6 is 39.5 Å². The van der Waals surface area contributed by atoms with Crippen molar-refractivity contribution in [3.8, 4) is 0 Å². The molecule has 118 valence electrons. The van der Waals surface area contributed by atoms with Crippen molar-refractivity contribution in [1.29, 1.82) is 0 Å². The van der Waals surface area contributed by atoms with Crippen molar-refractivity contribution < 1.29 is 4.39 Å². The average Bonchev–Trinajstić information content (AvgIpc) is 2.49. The Hall–Kier alpha value is 0.290. The van der Waals surface area contributed by atoms with Crippen LogP contribution in [0.25, 0.3) is 0 Å². The Kier molecular flexibility index (Phi) is 7.39. The Morgan fingerprint density at radius 3 is 2.76 bits per heavy atom. The minimum absolute atomic E-state index is 0.181. The van der Waals surface area contributed by atoms with E-state index in [1.54, 1.807) is 12.1 Å². The van der Waals surface area contributed by atoms with Gasteiger partial charge in [0.05, 0.1) is 0 Å². The van der Waals surface area contributed by atoms with Gasteiger partial charge < -0.3 is 5.32 Å². The van der Waals surface area contributed by atoms with Crippen LogP contribution in [0.3, 0.4) is 0 Å². The van der Waals surface area contributed by atoms with Gasteiger partial charge in [0.15, 0.2) is 0 Å². The normalized spacial score (nSPS) is 24.0. The van der Waals surface area contributed by atoms with Crippen LogP contribution in [0.5, 0.6) is 0 Å². The molecule has 1 nitrogen and oxygen atoms in total. The summed E-state index contributed by atoms with van der Waals surface area (Å²) in [7, 11) is 0. The fourth-order valence-corrected chi connectivity index (χ4v) is 6.58. The van der Waals surface area contributed by atoms with Gasteiger partial charge in [-0.3, -0.25) is 0 Å². The lowest BCUT2D eigenvalue weighted by Gasteiger charge is -2.36. The van der Waals surface area contributed by atoms with Crippen molar-refractivity contribution in [3.63, 3.8) is 0 Å². The molecule has 1 fully saturated rings. The molecule has 21 heavy (non-hydrogen) atoms. The summed E-state index contributed by atoms with van der Waals surface area (Å²) in [5.41, 5.74) is 1.19. The lowest BCUT2D eigenvalue weighted by atomic mass is 10.00. The third-order valence-electron chi connectivity index (χ3n) is 3.81. The molecule has 1 saturated heterocycles. The van der Waals surface area contributed by atoms with Gasteiger partial charge in [-0.15, -0.1) is 0 Å². The van der Waals surface area contributed by atoms with Gasteiger partial charge in [0, 0.05) is 32.5 Å². The first-order chi connectivity index (χ1) is 10.2.